The van der Waals surface area contributed by atoms with Crippen molar-refractivity contribution in [3.63, 3.8) is 0 Å². The average molecular weight is 624 g/mol. The summed E-state index contributed by atoms with van der Waals surface area (Å²) in [4.78, 5) is 28.0. The number of aromatic nitrogens is 4. The van der Waals surface area contributed by atoms with Crippen LogP contribution in [0.1, 0.15) is 32.8 Å². The second-order valence-electron chi connectivity index (χ2n) is 12.1. The van der Waals surface area contributed by atoms with Gasteiger partial charge in [0.15, 0.2) is 5.82 Å². The fourth-order valence-corrected chi connectivity index (χ4v) is 6.80. The van der Waals surface area contributed by atoms with Crippen molar-refractivity contribution in [2.75, 3.05) is 44.2 Å². The highest BCUT2D eigenvalue weighted by atomic mass is 35.5. The molecule has 0 saturated carbocycles. The quantitative estimate of drug-likeness (QED) is 0.262. The lowest BCUT2D eigenvalue weighted by molar-refractivity contribution is -0.128. The average Bonchev–Trinajstić information content (AvgIpc) is 3.59. The number of benzene rings is 2. The summed E-state index contributed by atoms with van der Waals surface area (Å²) in [6.45, 7) is 15.5. The normalized spacial score (nSPS) is 21.0. The molecule has 4 aromatic rings. The fraction of sp³-hybridized carbons (Fsp3) is 0.438. The number of H-pyrrole nitrogens is 1. The van der Waals surface area contributed by atoms with Crippen LogP contribution in [0, 0.1) is 24.6 Å². The molecule has 9 nitrogen and oxygen atoms in total. The number of halogens is 3. The molecule has 2 saturated heterocycles. The maximum atomic E-state index is 16.8. The molecular weight excluding hydrogens is 588 g/mol. The topological polar surface area (TPSA) is 90.5 Å². The van der Waals surface area contributed by atoms with Crippen molar-refractivity contribution in [2.24, 2.45) is 5.92 Å². The summed E-state index contributed by atoms with van der Waals surface area (Å²) in [5, 5.41) is 7.01. The summed E-state index contributed by atoms with van der Waals surface area (Å²) >= 11 is 6.83. The van der Waals surface area contributed by atoms with E-state index in [2.05, 4.69) is 33.6 Å². The third-order valence-corrected chi connectivity index (χ3v) is 9.14. The third-order valence-electron chi connectivity index (χ3n) is 8.84. The molecule has 0 unspecified atom stereocenters. The van der Waals surface area contributed by atoms with Gasteiger partial charge in [0.2, 0.25) is 11.9 Å². The minimum absolute atomic E-state index is 0.0175. The molecule has 0 radical (unpaired) electrons. The molecule has 0 bridgehead atoms. The Morgan fingerprint density at radius 2 is 1.95 bits per heavy atom. The van der Waals surface area contributed by atoms with Crippen LogP contribution < -0.4 is 9.64 Å². The molecule has 0 spiro atoms. The van der Waals surface area contributed by atoms with Gasteiger partial charge in [-0.1, -0.05) is 31.2 Å². The van der Waals surface area contributed by atoms with Crippen LogP contribution in [-0.2, 0) is 4.79 Å². The number of ether oxygens (including phenoxy) is 1. The molecule has 2 aliphatic heterocycles. The van der Waals surface area contributed by atoms with Crippen LogP contribution in [0.25, 0.3) is 32.9 Å². The van der Waals surface area contributed by atoms with E-state index in [1.54, 1.807) is 30.0 Å². The van der Waals surface area contributed by atoms with Crippen LogP contribution in [0.4, 0.5) is 14.6 Å². The molecule has 4 heterocycles. The van der Waals surface area contributed by atoms with Crippen LogP contribution in [0.15, 0.2) is 30.9 Å². The zero-order chi connectivity index (χ0) is 31.3. The lowest BCUT2D eigenvalue weighted by Crippen LogP contribution is -2.58. The van der Waals surface area contributed by atoms with Gasteiger partial charge in [-0.05, 0) is 63.4 Å². The summed E-state index contributed by atoms with van der Waals surface area (Å²) in [6.07, 6.45) is 2.46. The summed E-state index contributed by atoms with van der Waals surface area (Å²) in [5.41, 5.74) is 1.35. The Morgan fingerprint density at radius 1 is 1.16 bits per heavy atom. The number of fused-ring (bicyclic) bond motifs is 2. The minimum atomic E-state index is -0.702. The summed E-state index contributed by atoms with van der Waals surface area (Å²) in [6, 6.07) is 4.78. The van der Waals surface area contributed by atoms with Gasteiger partial charge in [0.25, 0.3) is 0 Å². The molecule has 6 rings (SSSR count). The van der Waals surface area contributed by atoms with Crippen molar-refractivity contribution < 1.29 is 18.3 Å². The van der Waals surface area contributed by atoms with Crippen LogP contribution in [0.5, 0.6) is 6.01 Å². The van der Waals surface area contributed by atoms with Gasteiger partial charge in [0, 0.05) is 54.8 Å². The Labute approximate surface area is 259 Å². The van der Waals surface area contributed by atoms with Gasteiger partial charge in [-0.2, -0.15) is 19.5 Å². The number of hydrogen-bond acceptors (Lipinski definition) is 7. The maximum Gasteiger partial charge on any atom is 0.319 e. The van der Waals surface area contributed by atoms with Gasteiger partial charge >= 0.3 is 6.01 Å². The first-order chi connectivity index (χ1) is 21.1. The molecule has 2 fully saturated rings. The van der Waals surface area contributed by atoms with Gasteiger partial charge in [-0.15, -0.1) is 0 Å². The first-order valence-corrected chi connectivity index (χ1v) is 15.3. The van der Waals surface area contributed by atoms with Crippen molar-refractivity contribution in [1.82, 2.24) is 30.0 Å². The zero-order valence-electron chi connectivity index (χ0n) is 25.3. The highest BCUT2D eigenvalue weighted by Gasteiger charge is 2.34. The van der Waals surface area contributed by atoms with E-state index in [1.807, 2.05) is 18.7 Å². The van der Waals surface area contributed by atoms with Gasteiger partial charge in [-0.3, -0.25) is 14.8 Å². The molecule has 0 aliphatic carbocycles. The monoisotopic (exact) mass is 623 g/mol. The number of aryl methyl sites for hydroxylation is 1. The number of aromatic amines is 1. The van der Waals surface area contributed by atoms with Gasteiger partial charge < -0.3 is 14.5 Å². The van der Waals surface area contributed by atoms with E-state index in [9.17, 15) is 9.18 Å². The second kappa shape index (κ2) is 11.9. The predicted octanol–water partition coefficient (Wildman–Crippen LogP) is 5.75. The number of nitrogens with one attached hydrogen (secondary N) is 1. The summed E-state index contributed by atoms with van der Waals surface area (Å²) in [7, 11) is 0. The first-order valence-electron chi connectivity index (χ1n) is 15.0. The number of nitrogens with zero attached hydrogens (tertiary/aromatic N) is 6. The molecule has 2 aliphatic rings. The Kier molecular flexibility index (Phi) is 8.19. The largest absolute Gasteiger partial charge is 0.462 e. The molecule has 2 aromatic heterocycles. The van der Waals surface area contributed by atoms with Crippen molar-refractivity contribution in [2.45, 2.75) is 46.2 Å². The second-order valence-corrected chi connectivity index (χ2v) is 12.5. The van der Waals surface area contributed by atoms with Gasteiger partial charge in [-0.25, -0.2) is 4.39 Å². The fourth-order valence-electron chi connectivity index (χ4n) is 6.51. The lowest BCUT2D eigenvalue weighted by atomic mass is 9.95. The van der Waals surface area contributed by atoms with E-state index in [4.69, 9.17) is 21.3 Å². The van der Waals surface area contributed by atoms with Gasteiger partial charge in [0.05, 0.1) is 15.9 Å². The van der Waals surface area contributed by atoms with Gasteiger partial charge in [0.1, 0.15) is 17.9 Å². The van der Waals surface area contributed by atoms with E-state index in [1.165, 1.54) is 6.08 Å². The molecule has 3 atom stereocenters. The van der Waals surface area contributed by atoms with Crippen LogP contribution in [0.3, 0.4) is 0 Å². The predicted molar refractivity (Wildman–Crippen MR) is 168 cm³/mol. The Balaban J connectivity index is 1.47. The van der Waals surface area contributed by atoms with Crippen LogP contribution in [0.2, 0.25) is 5.02 Å². The number of carbonyl (C=O) groups excluding carboxylic acids is 1. The first kappa shape index (κ1) is 30.2. The number of hydrogen-bond donors (Lipinski definition) is 1. The van der Waals surface area contributed by atoms with Crippen molar-refractivity contribution in [3.8, 4) is 17.1 Å². The van der Waals surface area contributed by atoms with E-state index >= 15 is 4.39 Å². The Bertz CT molecular complexity index is 1760. The molecule has 12 heteroatoms. The number of amides is 1. The third kappa shape index (κ3) is 5.36. The van der Waals surface area contributed by atoms with Crippen LogP contribution >= 0.6 is 11.6 Å². The smallest absolute Gasteiger partial charge is 0.319 e. The van der Waals surface area contributed by atoms with E-state index in [-0.39, 0.29) is 45.5 Å². The number of piperazine rings is 1. The number of carbonyl (C=O) groups is 1. The number of anilines is 1. The lowest BCUT2D eigenvalue weighted by Gasteiger charge is -2.44. The Hall–Kier alpha value is -3.83. The SMILES string of the molecule is C=CC(=O)N1C[C@H](C)N(c2nc(OCCN3CC[C@H](C)C3)nc3c(F)c(-c4c(C)ccc5n[nH]c(F)c45)c(Cl)cc23)C[C@H]1C. The molecule has 1 amide bonds. The zero-order valence-corrected chi connectivity index (χ0v) is 26.1. The van der Waals surface area contributed by atoms with E-state index in [0.717, 1.165) is 19.5 Å². The van der Waals surface area contributed by atoms with Crippen molar-refractivity contribution >= 4 is 45.1 Å². The van der Waals surface area contributed by atoms with Crippen LogP contribution in [-0.4, -0.2) is 87.3 Å². The number of likely N-dealkylation sites (tertiary alicyclic amines) is 1. The Morgan fingerprint density at radius 3 is 2.68 bits per heavy atom. The molecule has 232 valence electrons. The van der Waals surface area contributed by atoms with E-state index < -0.39 is 11.8 Å². The van der Waals surface area contributed by atoms with Crippen molar-refractivity contribution in [3.05, 3.63) is 53.2 Å². The van der Waals surface area contributed by atoms with Crippen molar-refractivity contribution in [1.29, 1.82) is 0 Å². The maximum absolute atomic E-state index is 16.8. The molecule has 1 N–H and O–H groups in total. The minimum Gasteiger partial charge on any atom is -0.462 e. The summed E-state index contributed by atoms with van der Waals surface area (Å²) in [5.74, 6) is -0.425. The molecule has 44 heavy (non-hydrogen) atoms. The summed E-state index contributed by atoms with van der Waals surface area (Å²) < 4.78 is 37.8. The highest BCUT2D eigenvalue weighted by molar-refractivity contribution is 6.35. The molecular formula is C32H36ClF2N7O2. The standard InChI is InChI=1S/C32H36ClF2N7O2/c1-6-24(43)41-15-20(5)42(16-19(41)4)31-21-13-22(33)26(25-18(3)7-8-23-27(25)30(35)39-38-23)28(34)29(21)36-32(37-31)44-12-11-40-10-9-17(2)14-40/h6-8,13,17,19-20H,1,9-12,14-16H2,2-5H3,(H,38,39)/t17-,19+,20-/m0/s1. The van der Waals surface area contributed by atoms with E-state index in [0.29, 0.717) is 60.0 Å². The number of rotatable bonds is 7. The highest BCUT2D eigenvalue weighted by Crippen LogP contribution is 2.43. The molecule has 2 aromatic carbocycles.